The van der Waals surface area contributed by atoms with Gasteiger partial charge in [0.1, 0.15) is 0 Å². The van der Waals surface area contributed by atoms with E-state index in [1.807, 2.05) is 4.90 Å². The molecule has 3 aliphatic rings. The van der Waals surface area contributed by atoms with Gasteiger partial charge in [0.25, 0.3) is 0 Å². The molecule has 24 heavy (non-hydrogen) atoms. The first-order valence-electron chi connectivity index (χ1n) is 9.24. The topological polar surface area (TPSA) is 83.7 Å². The zero-order valence-corrected chi connectivity index (χ0v) is 15.7. The first kappa shape index (κ1) is 18.1. The standard InChI is InChI=1S/C17H31N3O3S/c1-19(24(2,22)23)15-6-8-20(9-7-15)17(21)14-10-12-4-3-5-13(11-14)16(12)18/h12-16H,3-11,18H2,1-2H3. The number of likely N-dealkylation sites (tertiary alicyclic amines) is 1. The highest BCUT2D eigenvalue weighted by atomic mass is 32.2. The van der Waals surface area contributed by atoms with Crippen molar-refractivity contribution < 1.29 is 13.2 Å². The van der Waals surface area contributed by atoms with Crippen molar-refractivity contribution in [2.45, 2.75) is 57.0 Å². The number of carbonyl (C=O) groups excluding carboxylic acids is 1. The molecule has 2 atom stereocenters. The normalized spacial score (nSPS) is 35.2. The Morgan fingerprint density at radius 2 is 1.62 bits per heavy atom. The number of nitrogens with zero attached hydrogens (tertiary/aromatic N) is 2. The van der Waals surface area contributed by atoms with Crippen LogP contribution in [0.3, 0.4) is 0 Å². The second kappa shape index (κ2) is 6.92. The van der Waals surface area contributed by atoms with Crippen LogP contribution in [0.25, 0.3) is 0 Å². The third-order valence-corrected chi connectivity index (χ3v) is 7.92. The lowest BCUT2D eigenvalue weighted by molar-refractivity contribution is -0.140. The molecule has 1 heterocycles. The molecule has 0 radical (unpaired) electrons. The lowest BCUT2D eigenvalue weighted by Gasteiger charge is -2.45. The third kappa shape index (κ3) is 3.63. The predicted octanol–water partition coefficient (Wildman–Crippen LogP) is 1.02. The van der Waals surface area contributed by atoms with E-state index in [-0.39, 0.29) is 23.9 Å². The molecule has 0 aromatic rings. The lowest BCUT2D eigenvalue weighted by Crippen LogP contribution is -2.52. The molecule has 0 spiro atoms. The van der Waals surface area contributed by atoms with Crippen molar-refractivity contribution in [2.75, 3.05) is 26.4 Å². The highest BCUT2D eigenvalue weighted by molar-refractivity contribution is 7.88. The zero-order chi connectivity index (χ0) is 17.5. The summed E-state index contributed by atoms with van der Waals surface area (Å²) in [5.41, 5.74) is 6.33. The number of nitrogens with two attached hydrogens (primary N) is 1. The fourth-order valence-corrected chi connectivity index (χ4v) is 5.72. The first-order valence-corrected chi connectivity index (χ1v) is 11.1. The summed E-state index contributed by atoms with van der Waals surface area (Å²) in [5, 5.41) is 0. The molecule has 3 fully saturated rings. The highest BCUT2D eigenvalue weighted by Crippen LogP contribution is 2.42. The fraction of sp³-hybridized carbons (Fsp3) is 0.941. The summed E-state index contributed by atoms with van der Waals surface area (Å²) >= 11 is 0. The van der Waals surface area contributed by atoms with Crippen molar-refractivity contribution in [2.24, 2.45) is 23.5 Å². The number of hydrogen-bond acceptors (Lipinski definition) is 4. The van der Waals surface area contributed by atoms with Crippen molar-refractivity contribution in [3.63, 3.8) is 0 Å². The minimum Gasteiger partial charge on any atom is -0.342 e. The number of carbonyl (C=O) groups is 1. The van der Waals surface area contributed by atoms with Gasteiger partial charge in [-0.05, 0) is 50.4 Å². The Kier molecular flexibility index (Phi) is 5.23. The molecule has 2 saturated carbocycles. The van der Waals surface area contributed by atoms with Gasteiger partial charge in [-0.1, -0.05) is 6.42 Å². The van der Waals surface area contributed by atoms with E-state index in [9.17, 15) is 13.2 Å². The third-order valence-electron chi connectivity index (χ3n) is 6.58. The molecule has 1 saturated heterocycles. The highest BCUT2D eigenvalue weighted by Gasteiger charge is 2.42. The SMILES string of the molecule is CN(C1CCN(C(=O)C2CC3CCCC(C2)C3N)CC1)S(C)(=O)=O. The molecule has 2 aliphatic carbocycles. The Balaban J connectivity index is 1.56. The summed E-state index contributed by atoms with van der Waals surface area (Å²) in [6, 6.07) is 0.306. The number of hydrogen-bond donors (Lipinski definition) is 1. The van der Waals surface area contributed by atoms with Crippen molar-refractivity contribution >= 4 is 15.9 Å². The van der Waals surface area contributed by atoms with E-state index in [0.717, 1.165) is 25.7 Å². The number of amides is 1. The van der Waals surface area contributed by atoms with Crippen molar-refractivity contribution in [3.8, 4) is 0 Å². The number of sulfonamides is 1. The minimum atomic E-state index is -3.16. The summed E-state index contributed by atoms with van der Waals surface area (Å²) in [6.45, 7) is 1.34. The van der Waals surface area contributed by atoms with Gasteiger partial charge in [0.05, 0.1) is 6.26 Å². The summed E-state index contributed by atoms with van der Waals surface area (Å²) in [6.07, 6.45) is 8.19. The van der Waals surface area contributed by atoms with E-state index < -0.39 is 10.0 Å². The number of fused-ring (bicyclic) bond motifs is 2. The molecular weight excluding hydrogens is 326 g/mol. The Labute approximate surface area is 145 Å². The van der Waals surface area contributed by atoms with Crippen molar-refractivity contribution in [1.29, 1.82) is 0 Å². The summed E-state index contributed by atoms with van der Waals surface area (Å²) < 4.78 is 24.8. The van der Waals surface area contributed by atoms with E-state index in [1.165, 1.54) is 29.8 Å². The second-order valence-corrected chi connectivity index (χ2v) is 10.1. The van der Waals surface area contributed by atoms with Crippen LogP contribution >= 0.6 is 0 Å². The summed E-state index contributed by atoms with van der Waals surface area (Å²) in [4.78, 5) is 14.9. The van der Waals surface area contributed by atoms with Crippen LogP contribution in [0.2, 0.25) is 0 Å². The molecule has 7 heteroatoms. The van der Waals surface area contributed by atoms with Crippen LogP contribution in [0.4, 0.5) is 0 Å². The van der Waals surface area contributed by atoms with Crippen LogP contribution in [-0.4, -0.2) is 62.0 Å². The maximum Gasteiger partial charge on any atom is 0.225 e. The van der Waals surface area contributed by atoms with E-state index in [0.29, 0.717) is 24.9 Å². The van der Waals surface area contributed by atoms with Gasteiger partial charge < -0.3 is 10.6 Å². The minimum absolute atomic E-state index is 0.0169. The van der Waals surface area contributed by atoms with Gasteiger partial charge in [-0.2, -0.15) is 0 Å². The van der Waals surface area contributed by atoms with Crippen LogP contribution in [-0.2, 0) is 14.8 Å². The van der Waals surface area contributed by atoms with Gasteiger partial charge in [0.15, 0.2) is 0 Å². The second-order valence-electron chi connectivity index (χ2n) is 8.03. The van der Waals surface area contributed by atoms with Gasteiger partial charge in [0.2, 0.25) is 15.9 Å². The molecular formula is C17H31N3O3S. The smallest absolute Gasteiger partial charge is 0.225 e. The van der Waals surface area contributed by atoms with E-state index in [1.54, 1.807) is 7.05 Å². The van der Waals surface area contributed by atoms with Crippen molar-refractivity contribution in [3.05, 3.63) is 0 Å². The molecule has 6 nitrogen and oxygen atoms in total. The van der Waals surface area contributed by atoms with Crippen LogP contribution in [0.15, 0.2) is 0 Å². The number of rotatable bonds is 3. The fourth-order valence-electron chi connectivity index (χ4n) is 4.97. The van der Waals surface area contributed by atoms with Crippen molar-refractivity contribution in [1.82, 2.24) is 9.21 Å². The lowest BCUT2D eigenvalue weighted by atomic mass is 9.65. The van der Waals surface area contributed by atoms with Crippen LogP contribution in [0.5, 0.6) is 0 Å². The molecule has 1 amide bonds. The maximum absolute atomic E-state index is 12.9. The van der Waals surface area contributed by atoms with E-state index in [4.69, 9.17) is 5.73 Å². The van der Waals surface area contributed by atoms with Gasteiger partial charge >= 0.3 is 0 Å². The summed E-state index contributed by atoms with van der Waals surface area (Å²) in [5.74, 6) is 1.43. The van der Waals surface area contributed by atoms with Crippen LogP contribution in [0.1, 0.15) is 44.9 Å². The Hall–Kier alpha value is -0.660. The zero-order valence-electron chi connectivity index (χ0n) is 14.9. The molecule has 0 aromatic carbocycles. The quantitative estimate of drug-likeness (QED) is 0.817. The molecule has 138 valence electrons. The van der Waals surface area contributed by atoms with Gasteiger partial charge in [-0.15, -0.1) is 0 Å². The Morgan fingerprint density at radius 1 is 1.08 bits per heavy atom. The predicted molar refractivity (Wildman–Crippen MR) is 93.7 cm³/mol. The average Bonchev–Trinajstić information content (AvgIpc) is 2.52. The maximum atomic E-state index is 12.9. The molecule has 3 rings (SSSR count). The monoisotopic (exact) mass is 357 g/mol. The van der Waals surface area contributed by atoms with Gasteiger partial charge in [-0.3, -0.25) is 4.79 Å². The van der Waals surface area contributed by atoms with Crippen LogP contribution < -0.4 is 5.73 Å². The summed E-state index contributed by atoms with van der Waals surface area (Å²) in [7, 11) is -1.52. The molecule has 2 bridgehead atoms. The van der Waals surface area contributed by atoms with E-state index >= 15 is 0 Å². The number of piperidine rings is 1. The molecule has 1 aliphatic heterocycles. The molecule has 0 aromatic heterocycles. The van der Waals surface area contributed by atoms with E-state index in [2.05, 4.69) is 0 Å². The Morgan fingerprint density at radius 3 is 2.12 bits per heavy atom. The average molecular weight is 358 g/mol. The first-order chi connectivity index (χ1) is 11.3. The van der Waals surface area contributed by atoms with Gasteiger partial charge in [-0.25, -0.2) is 12.7 Å². The largest absolute Gasteiger partial charge is 0.342 e. The molecule has 2 unspecified atom stereocenters. The van der Waals surface area contributed by atoms with Crippen LogP contribution in [0, 0.1) is 17.8 Å². The Bertz CT molecular complexity index is 558. The molecule has 2 N–H and O–H groups in total. The van der Waals surface area contributed by atoms with Gasteiger partial charge in [0, 0.05) is 38.1 Å².